The Morgan fingerprint density at radius 1 is 1.50 bits per heavy atom. The van der Waals surface area contributed by atoms with Crippen LogP contribution in [0.2, 0.25) is 0 Å². The third-order valence-corrected chi connectivity index (χ3v) is 4.28. The van der Waals surface area contributed by atoms with Crippen molar-refractivity contribution in [2.24, 2.45) is 0 Å². The molecule has 2 atom stereocenters. The molecule has 2 rings (SSSR count). The molecule has 0 aromatic heterocycles. The van der Waals surface area contributed by atoms with Crippen molar-refractivity contribution in [2.75, 3.05) is 20.3 Å². The van der Waals surface area contributed by atoms with Gasteiger partial charge in [0.2, 0.25) is 3.79 Å². The van der Waals surface area contributed by atoms with Crippen LogP contribution in [-0.2, 0) is 4.74 Å². The summed E-state index contributed by atoms with van der Waals surface area (Å²) in [7, 11) is 1.35. The van der Waals surface area contributed by atoms with E-state index in [1.54, 1.807) is 0 Å². The van der Waals surface area contributed by atoms with Gasteiger partial charge in [-0.05, 0) is 30.5 Å². The van der Waals surface area contributed by atoms with Gasteiger partial charge in [-0.15, -0.1) is 0 Å². The van der Waals surface area contributed by atoms with E-state index in [-0.39, 0.29) is 11.9 Å². The second-order valence-electron chi connectivity index (χ2n) is 5.36. The third-order valence-electron chi connectivity index (χ3n) is 3.63. The number of hydrogen-bond acceptors (Lipinski definition) is 3. The quantitative estimate of drug-likeness (QED) is 0.742. The Labute approximate surface area is 154 Å². The van der Waals surface area contributed by atoms with Crippen LogP contribution in [0.4, 0.5) is 9.18 Å². The second kappa shape index (κ2) is 8.43. The Balaban J connectivity index is 2.05. The van der Waals surface area contributed by atoms with Crippen molar-refractivity contribution < 1.29 is 18.7 Å². The molecule has 2 unspecified atom stereocenters. The molecule has 0 radical (unpaired) electrons. The predicted molar refractivity (Wildman–Crippen MR) is 91.5 cm³/mol. The topological polar surface area (TPSA) is 59.6 Å². The van der Waals surface area contributed by atoms with Crippen molar-refractivity contribution in [3.05, 3.63) is 29.6 Å². The number of urea groups is 1. The van der Waals surface area contributed by atoms with Crippen LogP contribution in [0.15, 0.2) is 18.2 Å². The number of halogens is 4. The van der Waals surface area contributed by atoms with E-state index in [2.05, 4.69) is 10.6 Å². The molecular weight excluding hydrogens is 382 g/mol. The van der Waals surface area contributed by atoms with Gasteiger partial charge in [-0.1, -0.05) is 40.9 Å². The minimum atomic E-state index is -1.86. The van der Waals surface area contributed by atoms with Crippen LogP contribution in [0.5, 0.6) is 5.75 Å². The summed E-state index contributed by atoms with van der Waals surface area (Å²) < 4.78 is 22.3. The molecule has 0 spiro atoms. The third kappa shape index (κ3) is 5.28. The largest absolute Gasteiger partial charge is 0.494 e. The van der Waals surface area contributed by atoms with Gasteiger partial charge in [0.1, 0.15) is 6.04 Å². The average molecular weight is 400 g/mol. The van der Waals surface area contributed by atoms with Gasteiger partial charge < -0.3 is 20.1 Å². The smallest absolute Gasteiger partial charge is 0.315 e. The summed E-state index contributed by atoms with van der Waals surface area (Å²) in [6.45, 7) is 1.05. The zero-order valence-electron chi connectivity index (χ0n) is 13.0. The first-order valence-electron chi connectivity index (χ1n) is 7.37. The Morgan fingerprint density at radius 2 is 2.25 bits per heavy atom. The number of benzene rings is 1. The molecule has 1 saturated heterocycles. The number of amides is 2. The summed E-state index contributed by atoms with van der Waals surface area (Å²) in [6.07, 6.45) is 1.84. The molecule has 0 aliphatic carbocycles. The zero-order chi connectivity index (χ0) is 17.7. The van der Waals surface area contributed by atoms with Crippen LogP contribution in [0.25, 0.3) is 0 Å². The summed E-state index contributed by atoms with van der Waals surface area (Å²) in [6, 6.07) is 2.52. The number of carbonyl (C=O) groups excluding carboxylic acids is 1. The molecule has 5 nitrogen and oxygen atoms in total. The Morgan fingerprint density at radius 3 is 2.79 bits per heavy atom. The van der Waals surface area contributed by atoms with E-state index in [0.717, 1.165) is 18.9 Å². The van der Waals surface area contributed by atoms with E-state index >= 15 is 0 Å². The monoisotopic (exact) mass is 398 g/mol. The van der Waals surface area contributed by atoms with Crippen molar-refractivity contribution >= 4 is 40.8 Å². The highest BCUT2D eigenvalue weighted by Gasteiger charge is 2.36. The maximum atomic E-state index is 13.9. The zero-order valence-corrected chi connectivity index (χ0v) is 15.2. The lowest BCUT2D eigenvalue weighted by atomic mass is 10.1. The van der Waals surface area contributed by atoms with E-state index < -0.39 is 21.7 Å². The molecule has 1 aliphatic rings. The van der Waals surface area contributed by atoms with Crippen LogP contribution in [0, 0.1) is 5.82 Å². The first-order chi connectivity index (χ1) is 11.3. The summed E-state index contributed by atoms with van der Waals surface area (Å²) >= 11 is 17.8. The molecule has 1 aromatic carbocycles. The first-order valence-corrected chi connectivity index (χ1v) is 8.50. The van der Waals surface area contributed by atoms with Crippen LogP contribution < -0.4 is 15.4 Å². The first kappa shape index (κ1) is 19.4. The molecule has 1 aliphatic heterocycles. The van der Waals surface area contributed by atoms with E-state index in [9.17, 15) is 9.18 Å². The van der Waals surface area contributed by atoms with Crippen molar-refractivity contribution in [1.82, 2.24) is 10.6 Å². The van der Waals surface area contributed by atoms with Crippen LogP contribution >= 0.6 is 34.8 Å². The van der Waals surface area contributed by atoms with E-state index in [1.165, 1.54) is 19.2 Å². The highest BCUT2D eigenvalue weighted by Crippen LogP contribution is 2.40. The molecule has 1 heterocycles. The fraction of sp³-hybridized carbons (Fsp3) is 0.533. The van der Waals surface area contributed by atoms with Crippen LogP contribution in [-0.4, -0.2) is 36.2 Å². The van der Waals surface area contributed by atoms with Gasteiger partial charge >= 0.3 is 6.03 Å². The summed E-state index contributed by atoms with van der Waals surface area (Å²) in [5.74, 6) is -0.555. The molecule has 9 heteroatoms. The number of carbonyl (C=O) groups is 1. The number of nitrogens with one attached hydrogen (secondary N) is 2. The molecule has 134 valence electrons. The van der Waals surface area contributed by atoms with Gasteiger partial charge in [-0.25, -0.2) is 9.18 Å². The number of ether oxygens (including phenoxy) is 2. The van der Waals surface area contributed by atoms with Gasteiger partial charge in [0.25, 0.3) is 0 Å². The van der Waals surface area contributed by atoms with Gasteiger partial charge in [-0.3, -0.25) is 0 Å². The number of methoxy groups -OCH3 is 1. The second-order valence-corrected chi connectivity index (χ2v) is 7.73. The molecule has 24 heavy (non-hydrogen) atoms. The van der Waals surface area contributed by atoms with E-state index in [4.69, 9.17) is 44.3 Å². The Hall–Kier alpha value is -0.950. The van der Waals surface area contributed by atoms with Crippen molar-refractivity contribution in [1.29, 1.82) is 0 Å². The average Bonchev–Trinajstić information content (AvgIpc) is 3.03. The van der Waals surface area contributed by atoms with Gasteiger partial charge in [0.05, 0.1) is 13.2 Å². The van der Waals surface area contributed by atoms with Crippen LogP contribution in [0.1, 0.15) is 24.4 Å². The lowest BCUT2D eigenvalue weighted by molar-refractivity contribution is 0.111. The van der Waals surface area contributed by atoms with Crippen molar-refractivity contribution in [3.8, 4) is 5.75 Å². The highest BCUT2D eigenvalue weighted by atomic mass is 35.6. The fourth-order valence-electron chi connectivity index (χ4n) is 2.41. The summed E-state index contributed by atoms with van der Waals surface area (Å²) in [4.78, 5) is 12.1. The van der Waals surface area contributed by atoms with Crippen molar-refractivity contribution in [3.63, 3.8) is 0 Å². The highest BCUT2D eigenvalue weighted by molar-refractivity contribution is 6.68. The molecule has 1 aromatic rings. The van der Waals surface area contributed by atoms with Gasteiger partial charge in [0.15, 0.2) is 11.6 Å². The minimum absolute atomic E-state index is 0.0135. The molecule has 1 fully saturated rings. The fourth-order valence-corrected chi connectivity index (χ4v) is 2.95. The molecule has 2 amide bonds. The van der Waals surface area contributed by atoms with Gasteiger partial charge in [0, 0.05) is 13.2 Å². The number of alkyl halides is 3. The lowest BCUT2D eigenvalue weighted by Gasteiger charge is -2.26. The lowest BCUT2D eigenvalue weighted by Crippen LogP contribution is -2.44. The van der Waals surface area contributed by atoms with Gasteiger partial charge in [-0.2, -0.15) is 0 Å². The van der Waals surface area contributed by atoms with E-state index in [0.29, 0.717) is 18.7 Å². The Bertz CT molecular complexity index is 578. The normalized spacial score (nSPS) is 19.0. The molecular formula is C15H18Cl3FN2O3. The number of rotatable bonds is 5. The summed E-state index contributed by atoms with van der Waals surface area (Å²) in [5, 5.41) is 5.22. The maximum Gasteiger partial charge on any atom is 0.315 e. The van der Waals surface area contributed by atoms with E-state index in [1.807, 2.05) is 0 Å². The predicted octanol–water partition coefficient (Wildman–Crippen LogP) is 3.72. The number of hydrogen-bond donors (Lipinski definition) is 2. The van der Waals surface area contributed by atoms with Crippen molar-refractivity contribution in [2.45, 2.75) is 28.8 Å². The molecule has 0 bridgehead atoms. The molecule has 2 N–H and O–H groups in total. The minimum Gasteiger partial charge on any atom is -0.494 e. The van der Waals surface area contributed by atoms with Crippen LogP contribution in [0.3, 0.4) is 0 Å². The maximum absolute atomic E-state index is 13.9. The summed E-state index contributed by atoms with van der Waals surface area (Å²) in [5.41, 5.74) is 0.306. The standard InChI is InChI=1S/C15H18Cl3FN2O3/c1-23-12-5-4-9(7-11(12)19)13(15(16,17)18)21-14(22)20-8-10-3-2-6-24-10/h4-5,7,10,13H,2-3,6,8H2,1H3,(H2,20,21,22). The SMILES string of the molecule is COc1ccc(C(NC(=O)NCC2CCCO2)C(Cl)(Cl)Cl)cc1F. The molecule has 0 saturated carbocycles. The Kier molecular flexibility index (Phi) is 6.80.